The molecule has 1 spiro atoms. The van der Waals surface area contributed by atoms with Gasteiger partial charge in [-0.1, -0.05) is 6.07 Å². The zero-order valence-electron chi connectivity index (χ0n) is 24.0. The number of methoxy groups -OCH3 is 1. The molecule has 5 aliphatic heterocycles. The molecular weight excluding hydrogens is 539 g/mol. The summed E-state index contributed by atoms with van der Waals surface area (Å²) >= 11 is 0. The number of carbonyl (C=O) groups is 3. The third-order valence-corrected chi connectivity index (χ3v) is 10.2. The summed E-state index contributed by atoms with van der Waals surface area (Å²) in [6, 6.07) is 8.28. The van der Waals surface area contributed by atoms with Crippen molar-refractivity contribution in [2.75, 3.05) is 51.3 Å². The van der Waals surface area contributed by atoms with Gasteiger partial charge >= 0.3 is 0 Å². The fourth-order valence-corrected chi connectivity index (χ4v) is 7.64. The molecule has 0 aliphatic carbocycles. The summed E-state index contributed by atoms with van der Waals surface area (Å²) in [7, 11) is 1.60. The molecule has 1 N–H and O–H groups in total. The Morgan fingerprint density at radius 3 is 2.57 bits per heavy atom. The summed E-state index contributed by atoms with van der Waals surface area (Å²) < 4.78 is 26.1. The van der Waals surface area contributed by atoms with Gasteiger partial charge in [0, 0.05) is 54.2 Å². The van der Waals surface area contributed by atoms with Gasteiger partial charge < -0.3 is 24.2 Å². The van der Waals surface area contributed by atoms with E-state index in [1.807, 2.05) is 6.07 Å². The maximum absolute atomic E-state index is 14.5. The number of carbonyl (C=O) groups excluding carboxylic acids is 3. The first-order valence-corrected chi connectivity index (χ1v) is 15.1. The van der Waals surface area contributed by atoms with Crippen LogP contribution in [0.3, 0.4) is 0 Å². The van der Waals surface area contributed by atoms with Crippen LogP contribution < -0.4 is 19.7 Å². The first kappa shape index (κ1) is 27.2. The number of anilines is 1. The first-order valence-electron chi connectivity index (χ1n) is 15.1. The lowest BCUT2D eigenvalue weighted by atomic mass is 9.73. The quantitative estimate of drug-likeness (QED) is 0.547. The predicted octanol–water partition coefficient (Wildman–Crippen LogP) is 3.24. The average Bonchev–Trinajstić information content (AvgIpc) is 3.53. The Bertz CT molecular complexity index is 1430. The van der Waals surface area contributed by atoms with Gasteiger partial charge in [-0.3, -0.25) is 19.7 Å². The molecule has 3 fully saturated rings. The van der Waals surface area contributed by atoms with Gasteiger partial charge in [-0.05, 0) is 69.3 Å². The highest BCUT2D eigenvalue weighted by Crippen LogP contribution is 2.49. The van der Waals surface area contributed by atoms with Gasteiger partial charge in [0.25, 0.3) is 5.91 Å². The Labute approximate surface area is 244 Å². The highest BCUT2D eigenvalue weighted by Gasteiger charge is 2.47. The largest absolute Gasteiger partial charge is 0.497 e. The lowest BCUT2D eigenvalue weighted by Crippen LogP contribution is -2.52. The van der Waals surface area contributed by atoms with Crippen molar-refractivity contribution < 1.29 is 28.2 Å². The fraction of sp³-hybridized carbons (Fsp3) is 0.531. The number of fused-ring (bicyclic) bond motifs is 4. The minimum absolute atomic E-state index is 0.0563. The van der Waals surface area contributed by atoms with Crippen LogP contribution in [0.4, 0.5) is 10.1 Å². The molecule has 0 aromatic heterocycles. The van der Waals surface area contributed by atoms with E-state index in [1.165, 1.54) is 11.6 Å². The maximum Gasteiger partial charge on any atom is 0.255 e. The van der Waals surface area contributed by atoms with Gasteiger partial charge in [-0.25, -0.2) is 4.39 Å². The van der Waals surface area contributed by atoms with Crippen LogP contribution in [0, 0.1) is 11.7 Å². The molecule has 222 valence electrons. The topological polar surface area (TPSA) is 91.4 Å². The molecule has 3 saturated heterocycles. The van der Waals surface area contributed by atoms with Crippen molar-refractivity contribution in [2.24, 2.45) is 5.92 Å². The summed E-state index contributed by atoms with van der Waals surface area (Å²) in [6.45, 7) is 5.67. The molecule has 1 atom stereocenters. The van der Waals surface area contributed by atoms with Crippen molar-refractivity contribution in [3.05, 3.63) is 52.8 Å². The van der Waals surface area contributed by atoms with Crippen LogP contribution in [0.5, 0.6) is 11.5 Å². The molecular formula is C32H37FN4O5. The van der Waals surface area contributed by atoms with E-state index in [-0.39, 0.29) is 29.5 Å². The molecule has 1 unspecified atom stereocenters. The zero-order valence-corrected chi connectivity index (χ0v) is 24.0. The second kappa shape index (κ2) is 10.6. The van der Waals surface area contributed by atoms with Crippen molar-refractivity contribution >= 4 is 23.4 Å². The summed E-state index contributed by atoms with van der Waals surface area (Å²) in [5.41, 5.74) is 3.24. The van der Waals surface area contributed by atoms with E-state index in [9.17, 15) is 18.8 Å². The van der Waals surface area contributed by atoms with Crippen LogP contribution in [0.2, 0.25) is 0 Å². The van der Waals surface area contributed by atoms with Crippen molar-refractivity contribution in [1.82, 2.24) is 15.1 Å². The van der Waals surface area contributed by atoms with Crippen molar-refractivity contribution in [1.29, 1.82) is 0 Å². The number of imide groups is 1. The minimum atomic E-state index is -0.627. The molecule has 2 aromatic carbocycles. The molecule has 42 heavy (non-hydrogen) atoms. The van der Waals surface area contributed by atoms with Gasteiger partial charge in [0.15, 0.2) is 0 Å². The van der Waals surface area contributed by atoms with Gasteiger partial charge in [0.05, 0.1) is 25.9 Å². The molecule has 2 aromatic rings. The average molecular weight is 577 g/mol. The van der Waals surface area contributed by atoms with Gasteiger partial charge in [-0.15, -0.1) is 0 Å². The van der Waals surface area contributed by atoms with E-state index in [2.05, 4.69) is 21.2 Å². The first-order chi connectivity index (χ1) is 20.3. The molecule has 7 rings (SSSR count). The molecule has 3 amide bonds. The lowest BCUT2D eigenvalue weighted by Gasteiger charge is -2.41. The third-order valence-electron chi connectivity index (χ3n) is 10.2. The molecule has 0 radical (unpaired) electrons. The summed E-state index contributed by atoms with van der Waals surface area (Å²) in [6.07, 6.45) is 4.66. The van der Waals surface area contributed by atoms with Gasteiger partial charge in [0.1, 0.15) is 23.4 Å². The molecule has 9 nitrogen and oxygen atoms in total. The highest BCUT2D eigenvalue weighted by atomic mass is 19.1. The Morgan fingerprint density at radius 1 is 1.05 bits per heavy atom. The number of benzene rings is 2. The molecule has 5 heterocycles. The highest BCUT2D eigenvalue weighted by molar-refractivity contribution is 6.05. The number of likely N-dealkylation sites (tertiary alicyclic amines) is 1. The number of piperidine rings is 3. The minimum Gasteiger partial charge on any atom is -0.497 e. The van der Waals surface area contributed by atoms with Gasteiger partial charge in [-0.2, -0.15) is 0 Å². The Balaban J connectivity index is 0.969. The molecule has 10 heteroatoms. The van der Waals surface area contributed by atoms with Crippen LogP contribution >= 0.6 is 0 Å². The number of halogens is 1. The number of ether oxygens (including phenoxy) is 2. The zero-order chi connectivity index (χ0) is 29.0. The lowest BCUT2D eigenvalue weighted by molar-refractivity contribution is -0.136. The number of rotatable bonds is 5. The number of hydrogen-bond acceptors (Lipinski definition) is 7. The summed E-state index contributed by atoms with van der Waals surface area (Å²) in [5, 5.41) is 2.37. The standard InChI is InChI=1S/C32H37FN4O5/c1-41-21-2-5-25(33)27(16-21)36-12-8-20(9-13-36)17-35-14-10-32(11-15-35)19-42-29-23-18-37(26-6-7-28(38)34-30(26)39)31(40)22(23)3-4-24(29)32/h2-5,16,20,26H,6-15,17-19H2,1H3,(H,34,38,39). The number of amides is 3. The van der Waals surface area contributed by atoms with E-state index >= 15 is 0 Å². The van der Waals surface area contributed by atoms with Crippen LogP contribution in [0.25, 0.3) is 0 Å². The van der Waals surface area contributed by atoms with Crippen molar-refractivity contribution in [3.8, 4) is 11.5 Å². The Hall–Kier alpha value is -3.66. The monoisotopic (exact) mass is 576 g/mol. The van der Waals surface area contributed by atoms with Gasteiger partial charge in [0.2, 0.25) is 11.8 Å². The summed E-state index contributed by atoms with van der Waals surface area (Å²) in [4.78, 5) is 43.6. The second-order valence-electron chi connectivity index (χ2n) is 12.5. The molecule has 5 aliphatic rings. The number of nitrogens with zero attached hydrogens (tertiary/aromatic N) is 3. The maximum atomic E-state index is 14.5. The number of hydrogen-bond donors (Lipinski definition) is 1. The van der Waals surface area contributed by atoms with E-state index in [4.69, 9.17) is 9.47 Å². The van der Waals surface area contributed by atoms with E-state index in [0.717, 1.165) is 69.7 Å². The number of nitrogens with one attached hydrogen (secondary N) is 1. The van der Waals surface area contributed by atoms with Crippen molar-refractivity contribution in [2.45, 2.75) is 56.5 Å². The normalized spacial score (nSPS) is 24.0. The molecule has 0 saturated carbocycles. The van der Waals surface area contributed by atoms with Crippen molar-refractivity contribution in [3.63, 3.8) is 0 Å². The van der Waals surface area contributed by atoms with Crippen LogP contribution in [-0.4, -0.2) is 80.0 Å². The second-order valence-corrected chi connectivity index (χ2v) is 12.5. The summed E-state index contributed by atoms with van der Waals surface area (Å²) in [5.74, 6) is 1.04. The predicted molar refractivity (Wildman–Crippen MR) is 153 cm³/mol. The smallest absolute Gasteiger partial charge is 0.255 e. The van der Waals surface area contributed by atoms with Crippen LogP contribution in [0.15, 0.2) is 30.3 Å². The van der Waals surface area contributed by atoms with Crippen LogP contribution in [-0.2, 0) is 21.5 Å². The SMILES string of the molecule is COc1ccc(F)c(N2CCC(CN3CCC4(CC3)COc3c4ccc4c3CN(C3CCC(=O)NC3=O)C4=O)CC2)c1. The Morgan fingerprint density at radius 2 is 1.83 bits per heavy atom. The fourth-order valence-electron chi connectivity index (χ4n) is 7.64. The van der Waals surface area contributed by atoms with E-state index in [0.29, 0.717) is 42.5 Å². The van der Waals surface area contributed by atoms with E-state index in [1.54, 1.807) is 24.1 Å². The third kappa shape index (κ3) is 4.60. The van der Waals surface area contributed by atoms with Crippen LogP contribution in [0.1, 0.15) is 60.0 Å². The Kier molecular flexibility index (Phi) is 6.84. The molecule has 0 bridgehead atoms. The van der Waals surface area contributed by atoms with E-state index < -0.39 is 11.9 Å².